The highest BCUT2D eigenvalue weighted by molar-refractivity contribution is 6.36. The van der Waals surface area contributed by atoms with Crippen molar-refractivity contribution in [2.45, 2.75) is 40.2 Å². The van der Waals surface area contributed by atoms with Crippen LogP contribution in [0.5, 0.6) is 0 Å². The molecule has 8 nitrogen and oxygen atoms in total. The molecular formula is C18H30N2O6. The molecule has 0 aromatic heterocycles. The molecule has 0 rings (SSSR count). The zero-order valence-corrected chi connectivity index (χ0v) is 16.1. The van der Waals surface area contributed by atoms with Crippen LogP contribution >= 0.6 is 0 Å². The summed E-state index contributed by atoms with van der Waals surface area (Å²) in [7, 11) is 1.54. The van der Waals surface area contributed by atoms with Gasteiger partial charge in [-0.05, 0) is 25.5 Å². The van der Waals surface area contributed by atoms with Crippen molar-refractivity contribution in [3.05, 3.63) is 23.5 Å². The lowest BCUT2D eigenvalue weighted by Crippen LogP contribution is -2.46. The molecule has 0 aliphatic heterocycles. The van der Waals surface area contributed by atoms with Gasteiger partial charge in [0.2, 0.25) is 11.7 Å². The van der Waals surface area contributed by atoms with E-state index in [2.05, 4.69) is 10.6 Å². The van der Waals surface area contributed by atoms with Gasteiger partial charge in [-0.3, -0.25) is 14.4 Å². The number of ether oxygens (including phenoxy) is 1. The van der Waals surface area contributed by atoms with Gasteiger partial charge >= 0.3 is 0 Å². The summed E-state index contributed by atoms with van der Waals surface area (Å²) in [4.78, 5) is 35.4. The molecule has 0 spiro atoms. The number of amides is 2. The normalized spacial score (nSPS) is 13.8. The van der Waals surface area contributed by atoms with E-state index in [0.717, 1.165) is 5.57 Å². The van der Waals surface area contributed by atoms with Crippen molar-refractivity contribution >= 4 is 17.6 Å². The Bertz CT molecular complexity index is 566. The molecule has 0 aromatic carbocycles. The van der Waals surface area contributed by atoms with E-state index in [1.54, 1.807) is 26.0 Å². The van der Waals surface area contributed by atoms with Gasteiger partial charge in [0, 0.05) is 24.9 Å². The third kappa shape index (κ3) is 8.26. The number of ketones is 1. The number of allylic oxidation sites excluding steroid dienone is 2. The predicted molar refractivity (Wildman–Crippen MR) is 97.0 cm³/mol. The third-order valence-corrected chi connectivity index (χ3v) is 3.84. The number of nitrogens with one attached hydrogen (secondary N) is 2. The highest BCUT2D eigenvalue weighted by Crippen LogP contribution is 2.19. The monoisotopic (exact) mass is 370 g/mol. The Balaban J connectivity index is 4.37. The minimum Gasteiger partial charge on any atom is -0.501 e. The number of Topliss-reactive ketones (excluding diaryl/α,β-unsaturated/α-hetero) is 1. The van der Waals surface area contributed by atoms with Gasteiger partial charge in [0.15, 0.2) is 0 Å². The fraction of sp³-hybridized carbons (Fsp3) is 0.611. The molecule has 148 valence electrons. The molecular weight excluding hydrogens is 340 g/mol. The van der Waals surface area contributed by atoms with E-state index in [1.165, 1.54) is 21.0 Å². The van der Waals surface area contributed by atoms with E-state index < -0.39 is 29.1 Å². The smallest absolute Gasteiger partial charge is 0.287 e. The lowest BCUT2D eigenvalue weighted by atomic mass is 9.87. The van der Waals surface area contributed by atoms with Crippen LogP contribution in [0.3, 0.4) is 0 Å². The Morgan fingerprint density at radius 3 is 2.35 bits per heavy atom. The molecule has 8 heteroatoms. The molecule has 0 aliphatic rings. The molecule has 0 heterocycles. The standard InChI is InChI=1S/C18H30N2O6/c1-6-13(9-12(2)26-5)10-20-16(24)14(22)7-8-19-17(25)15(23)18(3,4)11-21/h6,9,15,21,23H,7-8,10-11H2,1-5H3,(H,19,25)(H,20,24). The second-order valence-electron chi connectivity index (χ2n) is 6.52. The maximum Gasteiger partial charge on any atom is 0.287 e. The number of rotatable bonds is 11. The van der Waals surface area contributed by atoms with Crippen molar-refractivity contribution in [3.8, 4) is 0 Å². The molecule has 1 atom stereocenters. The van der Waals surface area contributed by atoms with Crippen LogP contribution in [-0.2, 0) is 19.1 Å². The predicted octanol–water partition coefficient (Wildman–Crippen LogP) is 0.0539. The summed E-state index contributed by atoms with van der Waals surface area (Å²) in [5.41, 5.74) is -0.212. The zero-order valence-electron chi connectivity index (χ0n) is 16.1. The first-order valence-corrected chi connectivity index (χ1v) is 8.34. The molecule has 0 radical (unpaired) electrons. The highest BCUT2D eigenvalue weighted by Gasteiger charge is 2.32. The van der Waals surface area contributed by atoms with Crippen LogP contribution < -0.4 is 10.6 Å². The van der Waals surface area contributed by atoms with Gasteiger partial charge in [0.05, 0.1) is 19.5 Å². The maximum absolute atomic E-state index is 11.8. The van der Waals surface area contributed by atoms with Crippen LogP contribution in [0.4, 0.5) is 0 Å². The van der Waals surface area contributed by atoms with Gasteiger partial charge in [-0.15, -0.1) is 0 Å². The first-order valence-electron chi connectivity index (χ1n) is 8.34. The van der Waals surface area contributed by atoms with Crippen molar-refractivity contribution in [2.75, 3.05) is 26.8 Å². The quantitative estimate of drug-likeness (QED) is 0.231. The van der Waals surface area contributed by atoms with E-state index in [4.69, 9.17) is 9.84 Å². The maximum atomic E-state index is 11.8. The van der Waals surface area contributed by atoms with Gasteiger partial charge in [-0.2, -0.15) is 0 Å². The SMILES string of the molecule is CC=C(C=C(C)OC)CNC(=O)C(=O)CCNC(=O)C(O)C(C)(C)CO. The summed E-state index contributed by atoms with van der Waals surface area (Å²) < 4.78 is 5.03. The Kier molecular flexibility index (Phi) is 10.5. The number of carbonyl (C=O) groups excluding carboxylic acids is 3. The molecule has 0 saturated carbocycles. The lowest BCUT2D eigenvalue weighted by Gasteiger charge is -2.27. The summed E-state index contributed by atoms with van der Waals surface area (Å²) in [5.74, 6) is -1.46. The number of carbonyl (C=O) groups is 3. The Labute approximate surface area is 154 Å². The average Bonchev–Trinajstić information content (AvgIpc) is 2.63. The topological polar surface area (TPSA) is 125 Å². The Morgan fingerprint density at radius 2 is 1.85 bits per heavy atom. The Hall–Kier alpha value is -2.19. The molecule has 4 N–H and O–H groups in total. The molecule has 0 fully saturated rings. The van der Waals surface area contributed by atoms with E-state index in [9.17, 15) is 19.5 Å². The fourth-order valence-corrected chi connectivity index (χ4v) is 1.79. The molecule has 2 amide bonds. The van der Waals surface area contributed by atoms with Gasteiger partial charge < -0.3 is 25.6 Å². The fourth-order valence-electron chi connectivity index (χ4n) is 1.79. The van der Waals surface area contributed by atoms with Gasteiger partial charge in [0.25, 0.3) is 5.91 Å². The van der Waals surface area contributed by atoms with Crippen molar-refractivity contribution in [1.82, 2.24) is 10.6 Å². The molecule has 0 bridgehead atoms. The van der Waals surface area contributed by atoms with Crippen molar-refractivity contribution in [1.29, 1.82) is 0 Å². The van der Waals surface area contributed by atoms with Crippen LogP contribution in [0.25, 0.3) is 0 Å². The molecule has 0 aliphatic carbocycles. The van der Waals surface area contributed by atoms with Crippen LogP contribution in [0.15, 0.2) is 23.5 Å². The minimum atomic E-state index is -1.41. The van der Waals surface area contributed by atoms with Gasteiger partial charge in [-0.1, -0.05) is 19.9 Å². The Morgan fingerprint density at radius 1 is 1.23 bits per heavy atom. The van der Waals surface area contributed by atoms with E-state index in [0.29, 0.717) is 5.76 Å². The van der Waals surface area contributed by atoms with E-state index in [1.807, 2.05) is 0 Å². The lowest BCUT2D eigenvalue weighted by molar-refractivity contribution is -0.139. The first-order chi connectivity index (χ1) is 12.1. The van der Waals surface area contributed by atoms with E-state index in [-0.39, 0.29) is 26.1 Å². The van der Waals surface area contributed by atoms with Crippen molar-refractivity contribution < 1.29 is 29.3 Å². The molecule has 26 heavy (non-hydrogen) atoms. The summed E-state index contributed by atoms with van der Waals surface area (Å²) in [6, 6.07) is 0. The summed E-state index contributed by atoms with van der Waals surface area (Å²) in [5, 5.41) is 23.8. The third-order valence-electron chi connectivity index (χ3n) is 3.84. The summed E-state index contributed by atoms with van der Waals surface area (Å²) in [6.07, 6.45) is 1.93. The largest absolute Gasteiger partial charge is 0.501 e. The molecule has 0 aromatic rings. The summed E-state index contributed by atoms with van der Waals surface area (Å²) in [6.45, 7) is 6.37. The second kappa shape index (κ2) is 11.4. The van der Waals surface area contributed by atoms with Crippen LogP contribution in [0, 0.1) is 5.41 Å². The van der Waals surface area contributed by atoms with Crippen LogP contribution in [0.2, 0.25) is 0 Å². The van der Waals surface area contributed by atoms with Crippen LogP contribution in [-0.4, -0.2) is 60.7 Å². The zero-order chi connectivity index (χ0) is 20.3. The highest BCUT2D eigenvalue weighted by atomic mass is 16.5. The van der Waals surface area contributed by atoms with Gasteiger partial charge in [-0.25, -0.2) is 0 Å². The number of aliphatic hydroxyl groups is 2. The first kappa shape index (κ1) is 23.8. The molecule has 1 unspecified atom stereocenters. The molecule has 0 saturated heterocycles. The summed E-state index contributed by atoms with van der Waals surface area (Å²) >= 11 is 0. The van der Waals surface area contributed by atoms with E-state index >= 15 is 0 Å². The van der Waals surface area contributed by atoms with Crippen LogP contribution in [0.1, 0.15) is 34.1 Å². The minimum absolute atomic E-state index is 0.0805. The number of hydrogen-bond acceptors (Lipinski definition) is 6. The second-order valence-corrected chi connectivity index (χ2v) is 6.52. The number of hydrogen-bond donors (Lipinski definition) is 4. The average molecular weight is 370 g/mol. The number of methoxy groups -OCH3 is 1. The van der Waals surface area contributed by atoms with Crippen molar-refractivity contribution in [2.24, 2.45) is 5.41 Å². The number of aliphatic hydroxyl groups excluding tert-OH is 2. The van der Waals surface area contributed by atoms with Gasteiger partial charge in [0.1, 0.15) is 6.10 Å². The van der Waals surface area contributed by atoms with Crippen molar-refractivity contribution in [3.63, 3.8) is 0 Å².